The summed E-state index contributed by atoms with van der Waals surface area (Å²) >= 11 is 0. The number of carbonyl (C=O) groups is 2. The number of hydrazine groups is 1. The van der Waals surface area contributed by atoms with Crippen LogP contribution in [0.5, 0.6) is 0 Å². The highest BCUT2D eigenvalue weighted by molar-refractivity contribution is 6.16. The second-order valence-electron chi connectivity index (χ2n) is 7.02. The number of aromatic nitrogens is 2. The molecule has 0 radical (unpaired) electrons. The van der Waals surface area contributed by atoms with Gasteiger partial charge in [-0.3, -0.25) is 19.4 Å². The zero-order chi connectivity index (χ0) is 20.8. The first-order chi connectivity index (χ1) is 14.6. The van der Waals surface area contributed by atoms with Crippen molar-refractivity contribution in [1.82, 2.24) is 14.4 Å². The predicted octanol–water partition coefficient (Wildman–Crippen LogP) is 3.69. The predicted molar refractivity (Wildman–Crippen MR) is 113 cm³/mol. The number of nitrogens with one attached hydrogen (secondary N) is 1. The van der Waals surface area contributed by atoms with E-state index in [0.29, 0.717) is 11.5 Å². The van der Waals surface area contributed by atoms with Crippen molar-refractivity contribution >= 4 is 34.1 Å². The van der Waals surface area contributed by atoms with E-state index in [1.807, 2.05) is 72.1 Å². The highest BCUT2D eigenvalue weighted by atomic mass is 16.5. The first-order valence-electron chi connectivity index (χ1n) is 9.45. The largest absolute Gasteiger partial charge is 0.491 e. The number of fused-ring (bicyclic) bond motifs is 3. The highest BCUT2D eigenvalue weighted by Crippen LogP contribution is 2.34. The summed E-state index contributed by atoms with van der Waals surface area (Å²) in [5.74, 6) is -0.529. The molecule has 7 heteroatoms. The van der Waals surface area contributed by atoms with Gasteiger partial charge in [0.15, 0.2) is 11.6 Å². The lowest BCUT2D eigenvalue weighted by molar-refractivity contribution is -0.136. The van der Waals surface area contributed by atoms with Gasteiger partial charge < -0.3 is 4.74 Å². The fourth-order valence-electron chi connectivity index (χ4n) is 3.71. The van der Waals surface area contributed by atoms with Gasteiger partial charge in [0.2, 0.25) is 0 Å². The average Bonchev–Trinajstić information content (AvgIpc) is 3.26. The van der Waals surface area contributed by atoms with E-state index in [0.717, 1.165) is 32.6 Å². The topological polar surface area (TPSA) is 75.9 Å². The Labute approximate surface area is 172 Å². The van der Waals surface area contributed by atoms with E-state index in [1.54, 1.807) is 0 Å². The summed E-state index contributed by atoms with van der Waals surface area (Å²) in [6, 6.07) is 17.8. The third kappa shape index (κ3) is 2.63. The van der Waals surface area contributed by atoms with E-state index < -0.39 is 11.8 Å². The lowest BCUT2D eigenvalue weighted by Crippen LogP contribution is -2.37. The third-order valence-corrected chi connectivity index (χ3v) is 5.24. The van der Waals surface area contributed by atoms with Crippen molar-refractivity contribution in [1.29, 1.82) is 0 Å². The van der Waals surface area contributed by atoms with Gasteiger partial charge in [-0.05, 0) is 23.9 Å². The van der Waals surface area contributed by atoms with Crippen molar-refractivity contribution in [3.8, 4) is 11.3 Å². The summed E-state index contributed by atoms with van der Waals surface area (Å²) in [6.45, 7) is 2.00. The summed E-state index contributed by atoms with van der Waals surface area (Å²) in [7, 11) is 1.36. The van der Waals surface area contributed by atoms with Gasteiger partial charge in [0, 0.05) is 17.1 Å². The Morgan fingerprint density at radius 1 is 1.00 bits per heavy atom. The van der Waals surface area contributed by atoms with Crippen molar-refractivity contribution in [2.75, 3.05) is 12.5 Å². The Morgan fingerprint density at radius 2 is 1.77 bits per heavy atom. The minimum Gasteiger partial charge on any atom is -0.491 e. The average molecular weight is 398 g/mol. The molecule has 2 aromatic heterocycles. The van der Waals surface area contributed by atoms with Crippen LogP contribution in [0.15, 0.2) is 72.6 Å². The number of methoxy groups -OCH3 is 1. The minimum absolute atomic E-state index is 0.00999. The molecule has 0 fully saturated rings. The van der Waals surface area contributed by atoms with Gasteiger partial charge in [-0.15, -0.1) is 0 Å². The Morgan fingerprint density at radius 3 is 2.53 bits per heavy atom. The number of imide groups is 1. The monoisotopic (exact) mass is 398 g/mol. The van der Waals surface area contributed by atoms with Gasteiger partial charge in [0.25, 0.3) is 5.91 Å². The molecule has 0 atom stereocenters. The molecular weight excluding hydrogens is 380 g/mol. The number of hydrogen-bond donors (Lipinski definition) is 1. The molecule has 0 bridgehead atoms. The van der Waals surface area contributed by atoms with Crippen LogP contribution in [0.2, 0.25) is 0 Å². The second kappa shape index (κ2) is 6.73. The molecular formula is C23H18N4O3. The molecule has 0 spiro atoms. The van der Waals surface area contributed by atoms with Gasteiger partial charge >= 0.3 is 5.91 Å². The van der Waals surface area contributed by atoms with Crippen molar-refractivity contribution in [3.63, 3.8) is 0 Å². The summed E-state index contributed by atoms with van der Waals surface area (Å²) in [5, 5.41) is 2.96. The molecule has 2 aromatic carbocycles. The Hall–Kier alpha value is -4.13. The molecule has 0 saturated carbocycles. The zero-order valence-electron chi connectivity index (χ0n) is 16.4. The van der Waals surface area contributed by atoms with E-state index in [-0.39, 0.29) is 5.76 Å². The van der Waals surface area contributed by atoms with Crippen LogP contribution in [0.25, 0.3) is 27.7 Å². The molecule has 1 aliphatic rings. The van der Waals surface area contributed by atoms with Crippen LogP contribution in [0.3, 0.4) is 0 Å². The summed E-state index contributed by atoms with van der Waals surface area (Å²) in [4.78, 5) is 29.9. The van der Waals surface area contributed by atoms with Gasteiger partial charge in [-0.2, -0.15) is 5.01 Å². The van der Waals surface area contributed by atoms with Crippen LogP contribution in [0.4, 0.5) is 5.82 Å². The van der Waals surface area contributed by atoms with Crippen molar-refractivity contribution in [2.45, 2.75) is 6.92 Å². The molecule has 5 rings (SSSR count). The summed E-state index contributed by atoms with van der Waals surface area (Å²) in [6.07, 6.45) is 3.05. The lowest BCUT2D eigenvalue weighted by atomic mass is 10.1. The number of pyridine rings is 1. The molecule has 7 nitrogen and oxygen atoms in total. The van der Waals surface area contributed by atoms with Crippen molar-refractivity contribution in [3.05, 3.63) is 78.2 Å². The van der Waals surface area contributed by atoms with Crippen LogP contribution in [-0.4, -0.2) is 33.3 Å². The number of amides is 2. The van der Waals surface area contributed by atoms with Crippen molar-refractivity contribution in [2.24, 2.45) is 0 Å². The SMILES string of the molecule is COC1=CC(=O)N(Nc2c(-c3ccccc3C)nc3c4ccccc4ccn23)C1=O. The number of nitrogens with zero attached hydrogens (tertiary/aromatic N) is 3. The zero-order valence-corrected chi connectivity index (χ0v) is 16.4. The van der Waals surface area contributed by atoms with E-state index in [1.165, 1.54) is 13.2 Å². The van der Waals surface area contributed by atoms with Crippen LogP contribution in [-0.2, 0) is 14.3 Å². The number of ether oxygens (including phenoxy) is 1. The number of rotatable bonds is 4. The van der Waals surface area contributed by atoms with E-state index in [9.17, 15) is 9.59 Å². The number of benzene rings is 2. The first-order valence-corrected chi connectivity index (χ1v) is 9.45. The van der Waals surface area contributed by atoms with E-state index in [4.69, 9.17) is 9.72 Å². The standard InChI is InChI=1S/C23H18N4O3/c1-14-7-3-5-9-16(14)20-22(25-27-19(28)13-18(30-2)23(27)29)26-12-11-15-8-4-6-10-17(15)21(26)24-20/h3-13,25H,1-2H3. The van der Waals surface area contributed by atoms with Crippen LogP contribution >= 0.6 is 0 Å². The number of anilines is 1. The smallest absolute Gasteiger partial charge is 0.314 e. The molecule has 3 heterocycles. The molecule has 0 aliphatic carbocycles. The molecule has 1 N–H and O–H groups in total. The van der Waals surface area contributed by atoms with Gasteiger partial charge in [0.05, 0.1) is 13.2 Å². The van der Waals surface area contributed by atoms with Crippen molar-refractivity contribution < 1.29 is 14.3 Å². The third-order valence-electron chi connectivity index (χ3n) is 5.24. The quantitative estimate of drug-likeness (QED) is 0.531. The highest BCUT2D eigenvalue weighted by Gasteiger charge is 2.34. The van der Waals surface area contributed by atoms with E-state index >= 15 is 0 Å². The van der Waals surface area contributed by atoms with Gasteiger partial charge in [-0.25, -0.2) is 4.98 Å². The van der Waals surface area contributed by atoms with E-state index in [2.05, 4.69) is 5.43 Å². The van der Waals surface area contributed by atoms with Gasteiger partial charge in [0.1, 0.15) is 11.3 Å². The normalized spacial score (nSPS) is 13.9. The molecule has 2 amide bonds. The second-order valence-corrected chi connectivity index (χ2v) is 7.02. The fraction of sp³-hybridized carbons (Fsp3) is 0.0870. The maximum absolute atomic E-state index is 12.6. The Bertz CT molecular complexity index is 1370. The molecule has 0 unspecified atom stereocenters. The number of carbonyl (C=O) groups excluding carboxylic acids is 2. The van der Waals surface area contributed by atoms with Crippen LogP contribution < -0.4 is 5.43 Å². The summed E-state index contributed by atoms with van der Waals surface area (Å²) in [5.41, 5.74) is 6.31. The number of imidazole rings is 1. The molecule has 0 saturated heterocycles. The first kappa shape index (κ1) is 17.9. The summed E-state index contributed by atoms with van der Waals surface area (Å²) < 4.78 is 6.87. The van der Waals surface area contributed by atoms with Gasteiger partial charge in [-0.1, -0.05) is 48.5 Å². The Balaban J connectivity index is 1.74. The Kier molecular flexibility index (Phi) is 4.03. The molecule has 1 aliphatic heterocycles. The minimum atomic E-state index is -0.547. The number of hydrogen-bond acceptors (Lipinski definition) is 5. The number of aryl methyl sites for hydroxylation is 1. The maximum Gasteiger partial charge on any atom is 0.314 e. The fourth-order valence-corrected chi connectivity index (χ4v) is 3.71. The van der Waals surface area contributed by atoms with Crippen LogP contribution in [0.1, 0.15) is 5.56 Å². The van der Waals surface area contributed by atoms with Crippen LogP contribution in [0, 0.1) is 6.92 Å². The molecule has 30 heavy (non-hydrogen) atoms. The maximum atomic E-state index is 12.6. The molecule has 148 valence electrons. The molecule has 4 aromatic rings. The lowest BCUT2D eigenvalue weighted by Gasteiger charge is -2.18.